The van der Waals surface area contributed by atoms with Crippen LogP contribution in [0, 0.1) is 11.3 Å². The summed E-state index contributed by atoms with van der Waals surface area (Å²) >= 11 is 3.15. The largest absolute Gasteiger partial charge is 0.302 e. The number of hydrogen-bond acceptors (Lipinski definition) is 5. The van der Waals surface area contributed by atoms with Crippen LogP contribution in [0.3, 0.4) is 0 Å². The van der Waals surface area contributed by atoms with Crippen molar-refractivity contribution in [2.24, 2.45) is 0 Å². The van der Waals surface area contributed by atoms with Crippen LogP contribution in [-0.4, -0.2) is 22.9 Å². The molecule has 0 fully saturated rings. The Hall–Kier alpha value is -1.84. The monoisotopic (exact) mass is 317 g/mol. The number of anilines is 1. The molecule has 0 atom stereocenters. The number of thioether (sulfide) groups is 1. The Morgan fingerprint density at radius 3 is 2.86 bits per heavy atom. The number of nitriles is 1. The van der Waals surface area contributed by atoms with E-state index in [-0.39, 0.29) is 5.91 Å². The number of carbonyl (C=O) groups excluding carboxylic acids is 1. The third-order valence-corrected chi connectivity index (χ3v) is 4.27. The van der Waals surface area contributed by atoms with Gasteiger partial charge in [0.25, 0.3) is 0 Å². The SMILES string of the molecule is CSCCCC(=O)Nc1nc(-c2ccc(C#N)cc2)cs1. The van der Waals surface area contributed by atoms with Crippen LogP contribution in [0.5, 0.6) is 0 Å². The number of thiazole rings is 1. The molecule has 108 valence electrons. The lowest BCUT2D eigenvalue weighted by molar-refractivity contribution is -0.116. The summed E-state index contributed by atoms with van der Waals surface area (Å²) in [6.07, 6.45) is 3.43. The van der Waals surface area contributed by atoms with Gasteiger partial charge in [-0.2, -0.15) is 17.0 Å². The molecule has 1 aromatic heterocycles. The van der Waals surface area contributed by atoms with Crippen LogP contribution in [0.25, 0.3) is 11.3 Å². The zero-order valence-corrected chi connectivity index (χ0v) is 13.3. The lowest BCUT2D eigenvalue weighted by Crippen LogP contribution is -2.11. The fourth-order valence-corrected chi connectivity index (χ4v) is 2.91. The van der Waals surface area contributed by atoms with Crippen LogP contribution < -0.4 is 5.32 Å². The zero-order chi connectivity index (χ0) is 15.1. The molecule has 21 heavy (non-hydrogen) atoms. The van der Waals surface area contributed by atoms with Crippen LogP contribution in [0.2, 0.25) is 0 Å². The smallest absolute Gasteiger partial charge is 0.226 e. The number of nitrogens with zero attached hydrogens (tertiary/aromatic N) is 2. The Kier molecular flexibility index (Phi) is 5.78. The maximum absolute atomic E-state index is 11.7. The first-order valence-corrected chi connectivity index (χ1v) is 8.75. The highest BCUT2D eigenvalue weighted by atomic mass is 32.2. The van der Waals surface area contributed by atoms with Gasteiger partial charge in [0.1, 0.15) is 0 Å². The van der Waals surface area contributed by atoms with Gasteiger partial charge in [0.05, 0.1) is 17.3 Å². The minimum atomic E-state index is 0.00442. The van der Waals surface area contributed by atoms with Crippen molar-refractivity contribution < 1.29 is 4.79 Å². The fraction of sp³-hybridized carbons (Fsp3) is 0.267. The third-order valence-electron chi connectivity index (χ3n) is 2.81. The van der Waals surface area contributed by atoms with E-state index in [0.717, 1.165) is 23.4 Å². The van der Waals surface area contributed by atoms with Crippen molar-refractivity contribution >= 4 is 34.1 Å². The first-order valence-electron chi connectivity index (χ1n) is 6.48. The lowest BCUT2D eigenvalue weighted by Gasteiger charge is -2.00. The Morgan fingerprint density at radius 1 is 1.43 bits per heavy atom. The summed E-state index contributed by atoms with van der Waals surface area (Å²) in [5.74, 6) is 0.992. The molecule has 2 aromatic rings. The maximum Gasteiger partial charge on any atom is 0.226 e. The van der Waals surface area contributed by atoms with Gasteiger partial charge in [0.15, 0.2) is 5.13 Å². The van der Waals surface area contributed by atoms with E-state index >= 15 is 0 Å². The van der Waals surface area contributed by atoms with Crippen LogP contribution in [-0.2, 0) is 4.79 Å². The molecule has 0 radical (unpaired) electrons. The van der Waals surface area contributed by atoms with Gasteiger partial charge in [-0.1, -0.05) is 12.1 Å². The van der Waals surface area contributed by atoms with Gasteiger partial charge in [-0.15, -0.1) is 11.3 Å². The Morgan fingerprint density at radius 2 is 2.19 bits per heavy atom. The van der Waals surface area contributed by atoms with E-state index < -0.39 is 0 Å². The fourth-order valence-electron chi connectivity index (χ4n) is 1.74. The predicted octanol–water partition coefficient (Wildman–Crippen LogP) is 3.76. The second kappa shape index (κ2) is 7.81. The topological polar surface area (TPSA) is 65.8 Å². The van der Waals surface area contributed by atoms with Crippen LogP contribution in [0.4, 0.5) is 5.13 Å². The van der Waals surface area contributed by atoms with Gasteiger partial charge in [0, 0.05) is 17.4 Å². The quantitative estimate of drug-likeness (QED) is 0.824. The summed E-state index contributed by atoms with van der Waals surface area (Å²) in [6.45, 7) is 0. The van der Waals surface area contributed by atoms with Crippen LogP contribution in [0.15, 0.2) is 29.6 Å². The summed E-state index contributed by atoms with van der Waals surface area (Å²) in [6, 6.07) is 9.32. The van der Waals surface area contributed by atoms with Crippen molar-refractivity contribution in [3.63, 3.8) is 0 Å². The molecule has 0 bridgehead atoms. The summed E-state index contributed by atoms with van der Waals surface area (Å²) in [5.41, 5.74) is 2.37. The van der Waals surface area contributed by atoms with E-state index in [1.807, 2.05) is 23.8 Å². The molecular weight excluding hydrogens is 302 g/mol. The van der Waals surface area contributed by atoms with Gasteiger partial charge in [-0.25, -0.2) is 4.98 Å². The summed E-state index contributed by atoms with van der Waals surface area (Å²) in [5, 5.41) is 14.1. The minimum Gasteiger partial charge on any atom is -0.302 e. The first kappa shape index (κ1) is 15.5. The van der Waals surface area contributed by atoms with Crippen molar-refractivity contribution in [1.82, 2.24) is 4.98 Å². The number of nitrogens with one attached hydrogen (secondary N) is 1. The predicted molar refractivity (Wildman–Crippen MR) is 88.5 cm³/mol. The molecule has 1 heterocycles. The average Bonchev–Trinajstić information content (AvgIpc) is 2.96. The van der Waals surface area contributed by atoms with Crippen LogP contribution in [0.1, 0.15) is 18.4 Å². The first-order chi connectivity index (χ1) is 10.2. The van der Waals surface area contributed by atoms with E-state index in [1.165, 1.54) is 11.3 Å². The molecule has 6 heteroatoms. The highest BCUT2D eigenvalue weighted by Gasteiger charge is 2.08. The second-order valence-corrected chi connectivity index (χ2v) is 6.22. The van der Waals surface area contributed by atoms with Gasteiger partial charge in [-0.3, -0.25) is 4.79 Å². The molecule has 0 aliphatic carbocycles. The molecule has 0 aliphatic heterocycles. The standard InChI is InChI=1S/C15H15N3OS2/c1-20-8-2-3-14(19)18-15-17-13(10-21-15)12-6-4-11(9-16)5-7-12/h4-7,10H,2-3,8H2,1H3,(H,17,18,19). The van der Waals surface area contributed by atoms with E-state index in [0.29, 0.717) is 17.1 Å². The summed E-state index contributed by atoms with van der Waals surface area (Å²) in [7, 11) is 0. The van der Waals surface area contributed by atoms with Crippen LogP contribution >= 0.6 is 23.1 Å². The van der Waals surface area contributed by atoms with E-state index in [1.54, 1.807) is 23.9 Å². The molecule has 1 aromatic carbocycles. The Balaban J connectivity index is 1.97. The van der Waals surface area contributed by atoms with E-state index in [4.69, 9.17) is 5.26 Å². The van der Waals surface area contributed by atoms with Gasteiger partial charge in [0.2, 0.25) is 5.91 Å². The molecule has 1 amide bonds. The zero-order valence-electron chi connectivity index (χ0n) is 11.6. The molecule has 0 unspecified atom stereocenters. The molecular formula is C15H15N3OS2. The van der Waals surface area contributed by atoms with Crippen molar-refractivity contribution in [3.05, 3.63) is 35.2 Å². The van der Waals surface area contributed by atoms with Gasteiger partial charge in [-0.05, 0) is 30.6 Å². The number of amides is 1. The highest BCUT2D eigenvalue weighted by molar-refractivity contribution is 7.98. The second-order valence-electron chi connectivity index (χ2n) is 4.37. The number of rotatable bonds is 6. The molecule has 0 saturated carbocycles. The molecule has 0 spiro atoms. The number of carbonyl (C=O) groups is 1. The lowest BCUT2D eigenvalue weighted by atomic mass is 10.1. The molecule has 0 aliphatic rings. The normalized spacial score (nSPS) is 10.1. The average molecular weight is 317 g/mol. The summed E-state index contributed by atoms with van der Waals surface area (Å²) < 4.78 is 0. The van der Waals surface area contributed by atoms with Gasteiger partial charge < -0.3 is 5.32 Å². The number of benzene rings is 1. The van der Waals surface area contributed by atoms with Crippen molar-refractivity contribution in [2.45, 2.75) is 12.8 Å². The van der Waals surface area contributed by atoms with E-state index in [2.05, 4.69) is 16.4 Å². The molecule has 1 N–H and O–H groups in total. The molecule has 2 rings (SSSR count). The van der Waals surface area contributed by atoms with Crippen molar-refractivity contribution in [2.75, 3.05) is 17.3 Å². The van der Waals surface area contributed by atoms with Gasteiger partial charge >= 0.3 is 0 Å². The number of hydrogen-bond donors (Lipinski definition) is 1. The van der Waals surface area contributed by atoms with Crippen molar-refractivity contribution in [3.8, 4) is 17.3 Å². The maximum atomic E-state index is 11.7. The minimum absolute atomic E-state index is 0.00442. The Bertz CT molecular complexity index is 644. The molecule has 4 nitrogen and oxygen atoms in total. The third kappa shape index (κ3) is 4.59. The van der Waals surface area contributed by atoms with Crippen molar-refractivity contribution in [1.29, 1.82) is 5.26 Å². The summed E-state index contributed by atoms with van der Waals surface area (Å²) in [4.78, 5) is 16.1. The number of aromatic nitrogens is 1. The Labute approximate surface area is 132 Å². The molecule has 0 saturated heterocycles. The van der Waals surface area contributed by atoms with E-state index in [9.17, 15) is 4.79 Å². The highest BCUT2D eigenvalue weighted by Crippen LogP contribution is 2.25.